The van der Waals surface area contributed by atoms with Crippen LogP contribution in [0.25, 0.3) is 0 Å². The molecule has 0 atom stereocenters. The van der Waals surface area contributed by atoms with E-state index in [1.54, 1.807) is 0 Å². The zero-order valence-corrected chi connectivity index (χ0v) is 7.89. The Kier molecular flexibility index (Phi) is 4.61. The average Bonchev–Trinajstić information content (AvgIpc) is 1.98. The summed E-state index contributed by atoms with van der Waals surface area (Å²) >= 11 is 10.0. The van der Waals surface area contributed by atoms with Crippen molar-refractivity contribution in [3.63, 3.8) is 0 Å². The minimum absolute atomic E-state index is 0.464. The highest BCUT2D eigenvalue weighted by molar-refractivity contribution is 6.82. The number of carbonyl (C=O) groups excluding carboxylic acids is 2. The molecule has 0 aromatic carbocycles. The van der Waals surface area contributed by atoms with E-state index in [1.165, 1.54) is 19.0 Å². The van der Waals surface area contributed by atoms with Crippen LogP contribution in [-0.2, 0) is 9.63 Å². The summed E-state index contributed by atoms with van der Waals surface area (Å²) < 4.78 is 0. The fourth-order valence-electron chi connectivity index (χ4n) is 0.300. The fourth-order valence-corrected chi connectivity index (χ4v) is 0.538. The van der Waals surface area contributed by atoms with E-state index in [1.807, 2.05) is 0 Å². The van der Waals surface area contributed by atoms with Crippen LogP contribution in [0, 0.1) is 0 Å². The molecule has 12 heavy (non-hydrogen) atoms. The quantitative estimate of drug-likeness (QED) is 0.297. The molecule has 0 bridgehead atoms. The maximum Gasteiger partial charge on any atom is 0.429 e. The van der Waals surface area contributed by atoms with Crippen LogP contribution >= 0.6 is 23.2 Å². The van der Waals surface area contributed by atoms with E-state index in [-0.39, 0.29) is 0 Å². The topological polar surface area (TPSA) is 59.0 Å². The molecule has 0 aliphatic heterocycles. The Morgan fingerprint density at radius 3 is 2.17 bits per heavy atom. The van der Waals surface area contributed by atoms with Gasteiger partial charge in [-0.15, -0.1) is 0 Å². The largest absolute Gasteiger partial charge is 0.429 e. The highest BCUT2D eigenvalue weighted by atomic mass is 35.5. The van der Waals surface area contributed by atoms with E-state index in [0.29, 0.717) is 0 Å². The molecule has 0 saturated carbocycles. The lowest BCUT2D eigenvalue weighted by Gasteiger charge is -2.06. The third kappa shape index (κ3) is 4.15. The van der Waals surface area contributed by atoms with Gasteiger partial charge >= 0.3 is 5.43 Å². The Hall–Kier alpha value is -0.810. The Balaban J connectivity index is 4.18. The first kappa shape index (κ1) is 11.2. The van der Waals surface area contributed by atoms with Crippen molar-refractivity contribution in [2.75, 3.05) is 14.1 Å². The molecule has 0 radical (unpaired) electrons. The highest BCUT2D eigenvalue weighted by Gasteiger charge is 2.11. The molecule has 0 aromatic heterocycles. The van der Waals surface area contributed by atoms with Gasteiger partial charge in [0.05, 0.1) is 0 Å². The number of hydrogen-bond donors (Lipinski definition) is 0. The highest BCUT2D eigenvalue weighted by Crippen LogP contribution is 1.95. The van der Waals surface area contributed by atoms with Crippen LogP contribution in [0.5, 0.6) is 0 Å². The third-order valence-corrected chi connectivity index (χ3v) is 1.08. The summed E-state index contributed by atoms with van der Waals surface area (Å²) in [6.07, 6.45) is 0. The van der Waals surface area contributed by atoms with Gasteiger partial charge < -0.3 is 9.74 Å². The molecule has 0 aromatic rings. The van der Waals surface area contributed by atoms with Gasteiger partial charge in [-0.2, -0.15) is 0 Å². The molecular weight excluding hydrogens is 207 g/mol. The first-order valence-corrected chi connectivity index (χ1v) is 3.52. The summed E-state index contributed by atoms with van der Waals surface area (Å²) in [5, 5.41) is 2.49. The van der Waals surface area contributed by atoms with E-state index >= 15 is 0 Å². The van der Waals surface area contributed by atoms with Crippen LogP contribution in [0.1, 0.15) is 0 Å². The normalized spacial score (nSPS) is 10.8. The second kappa shape index (κ2) is 4.95. The fraction of sp³-hybridized carbons (Fsp3) is 0.400. The Bertz CT molecular complexity index is 227. The molecule has 7 heteroatoms. The van der Waals surface area contributed by atoms with Crippen molar-refractivity contribution >= 4 is 39.7 Å². The van der Waals surface area contributed by atoms with E-state index in [0.717, 1.165) is 0 Å². The lowest BCUT2D eigenvalue weighted by atomic mass is 10.6. The van der Waals surface area contributed by atoms with Gasteiger partial charge in [0.1, 0.15) is 0 Å². The van der Waals surface area contributed by atoms with Crippen molar-refractivity contribution in [1.29, 1.82) is 0 Å². The lowest BCUT2D eigenvalue weighted by molar-refractivity contribution is -0.121. The summed E-state index contributed by atoms with van der Waals surface area (Å²) in [5.74, 6) is -0.574. The Morgan fingerprint density at radius 2 is 1.83 bits per heavy atom. The summed E-state index contributed by atoms with van der Waals surface area (Å²) in [7, 11) is 2.95. The summed E-state index contributed by atoms with van der Waals surface area (Å²) in [5.41, 5.74) is -1.15. The van der Waals surface area contributed by atoms with Gasteiger partial charge in [-0.3, -0.25) is 4.79 Å². The maximum absolute atomic E-state index is 10.9. The molecule has 0 heterocycles. The molecule has 0 aliphatic rings. The Morgan fingerprint density at radius 1 is 1.33 bits per heavy atom. The minimum Gasteiger partial charge on any atom is -0.343 e. The van der Waals surface area contributed by atoms with Gasteiger partial charge in [0.15, 0.2) is 0 Å². The van der Waals surface area contributed by atoms with E-state index < -0.39 is 16.5 Å². The summed E-state index contributed by atoms with van der Waals surface area (Å²) in [4.78, 5) is 26.0. The van der Waals surface area contributed by atoms with Gasteiger partial charge in [-0.1, -0.05) is 16.8 Å². The van der Waals surface area contributed by atoms with Crippen LogP contribution in [0.15, 0.2) is 5.16 Å². The van der Waals surface area contributed by atoms with Gasteiger partial charge in [0.2, 0.25) is 5.17 Å². The van der Waals surface area contributed by atoms with Crippen molar-refractivity contribution in [3.05, 3.63) is 0 Å². The van der Waals surface area contributed by atoms with Crippen LogP contribution in [0.2, 0.25) is 0 Å². The number of rotatable bonds is 2. The van der Waals surface area contributed by atoms with Crippen molar-refractivity contribution < 1.29 is 14.4 Å². The molecule has 0 N–H and O–H groups in total. The summed E-state index contributed by atoms with van der Waals surface area (Å²) in [6, 6.07) is 0. The number of carbonyl (C=O) groups is 2. The van der Waals surface area contributed by atoms with E-state index in [2.05, 4.69) is 9.99 Å². The smallest absolute Gasteiger partial charge is 0.343 e. The average molecular weight is 213 g/mol. The van der Waals surface area contributed by atoms with Crippen molar-refractivity contribution in [3.8, 4) is 0 Å². The number of amides is 1. The van der Waals surface area contributed by atoms with Crippen molar-refractivity contribution in [1.82, 2.24) is 4.90 Å². The van der Waals surface area contributed by atoms with Crippen LogP contribution in [0.4, 0.5) is 4.79 Å². The maximum atomic E-state index is 10.9. The number of oxime groups is 1. The van der Waals surface area contributed by atoms with Crippen LogP contribution in [-0.4, -0.2) is 35.5 Å². The van der Waals surface area contributed by atoms with E-state index in [9.17, 15) is 9.59 Å². The first-order chi connectivity index (χ1) is 5.45. The monoisotopic (exact) mass is 212 g/mol. The molecule has 68 valence electrons. The van der Waals surface area contributed by atoms with Gasteiger partial charge in [0, 0.05) is 25.7 Å². The standard InChI is InChI=1S/C5H6Cl2N2O3/c1-9(2)4(10)3(6)8-12-5(7)11/h1-2H3/b8-3+. The first-order valence-electron chi connectivity index (χ1n) is 2.76. The molecular formula is C5H6Cl2N2O3. The van der Waals surface area contributed by atoms with Gasteiger partial charge in [-0.25, -0.2) is 4.79 Å². The Labute approximate surface area is 78.9 Å². The molecule has 5 nitrogen and oxygen atoms in total. The predicted molar refractivity (Wildman–Crippen MR) is 44.3 cm³/mol. The van der Waals surface area contributed by atoms with Crippen molar-refractivity contribution in [2.45, 2.75) is 0 Å². The third-order valence-electron chi connectivity index (χ3n) is 0.780. The second-order valence-electron chi connectivity index (χ2n) is 1.91. The number of nitrogens with zero attached hydrogens (tertiary/aromatic N) is 2. The lowest BCUT2D eigenvalue weighted by Crippen LogP contribution is -2.27. The molecule has 1 amide bonds. The zero-order chi connectivity index (χ0) is 9.72. The molecule has 0 saturated heterocycles. The van der Waals surface area contributed by atoms with Crippen molar-refractivity contribution in [2.24, 2.45) is 5.16 Å². The van der Waals surface area contributed by atoms with Gasteiger partial charge in [0.25, 0.3) is 5.91 Å². The van der Waals surface area contributed by atoms with Crippen LogP contribution < -0.4 is 0 Å². The van der Waals surface area contributed by atoms with Crippen LogP contribution in [0.3, 0.4) is 0 Å². The predicted octanol–water partition coefficient (Wildman–Crippen LogP) is 1.00. The summed E-state index contributed by atoms with van der Waals surface area (Å²) in [6.45, 7) is 0. The molecule has 0 aliphatic carbocycles. The molecule has 0 fully saturated rings. The molecule has 0 rings (SSSR count). The van der Waals surface area contributed by atoms with Gasteiger partial charge in [-0.05, 0) is 0 Å². The molecule has 0 unspecified atom stereocenters. The molecule has 0 spiro atoms. The SMILES string of the molecule is CN(C)C(=O)/C(Cl)=N\OC(=O)Cl. The van der Waals surface area contributed by atoms with E-state index in [4.69, 9.17) is 23.2 Å². The minimum atomic E-state index is -1.15. The second-order valence-corrected chi connectivity index (χ2v) is 2.58. The number of halogens is 2. The number of hydrogen-bond acceptors (Lipinski definition) is 4. The zero-order valence-electron chi connectivity index (χ0n) is 6.38.